The van der Waals surface area contributed by atoms with E-state index in [1.807, 2.05) is 0 Å². The maximum Gasteiger partial charge on any atom is 0.472 e. The summed E-state index contributed by atoms with van der Waals surface area (Å²) < 4.78 is 32.9. The van der Waals surface area contributed by atoms with Gasteiger partial charge in [0.05, 0.1) is 13.2 Å². The molecule has 0 aliphatic carbocycles. The van der Waals surface area contributed by atoms with E-state index >= 15 is 0 Å². The van der Waals surface area contributed by atoms with E-state index in [-0.39, 0.29) is 32.6 Å². The second kappa shape index (κ2) is 48.2. The van der Waals surface area contributed by atoms with Gasteiger partial charge >= 0.3 is 19.8 Å². The molecular formula is C52H94NO8P. The zero-order valence-electron chi connectivity index (χ0n) is 39.8. The van der Waals surface area contributed by atoms with Crippen molar-refractivity contribution in [1.29, 1.82) is 0 Å². The van der Waals surface area contributed by atoms with Crippen LogP contribution in [0.1, 0.15) is 226 Å². The molecule has 0 aromatic heterocycles. The number of phosphoric ester groups is 1. The Kier molecular flexibility index (Phi) is 46.4. The summed E-state index contributed by atoms with van der Waals surface area (Å²) in [5.74, 6) is -0.861. The molecule has 0 spiro atoms. The normalized spacial score (nSPS) is 13.7. The Morgan fingerprint density at radius 1 is 0.500 bits per heavy atom. The van der Waals surface area contributed by atoms with Crippen molar-refractivity contribution in [3.63, 3.8) is 0 Å². The van der Waals surface area contributed by atoms with Crippen LogP contribution in [-0.2, 0) is 32.7 Å². The van der Waals surface area contributed by atoms with Crippen LogP contribution in [0.3, 0.4) is 0 Å². The summed E-state index contributed by atoms with van der Waals surface area (Å²) >= 11 is 0. The van der Waals surface area contributed by atoms with Crippen LogP contribution in [0.25, 0.3) is 0 Å². The number of carbonyl (C=O) groups is 2. The average molecular weight is 892 g/mol. The summed E-state index contributed by atoms with van der Waals surface area (Å²) in [5, 5.41) is 0. The van der Waals surface area contributed by atoms with Crippen LogP contribution >= 0.6 is 7.82 Å². The molecule has 0 bridgehead atoms. The van der Waals surface area contributed by atoms with Gasteiger partial charge in [-0.25, -0.2) is 4.57 Å². The molecule has 0 aromatic rings. The number of allylic oxidation sites excluding steroid dienone is 10. The molecule has 1 unspecified atom stereocenters. The van der Waals surface area contributed by atoms with Gasteiger partial charge in [-0.15, -0.1) is 0 Å². The molecule has 0 aromatic carbocycles. The van der Waals surface area contributed by atoms with Crippen LogP contribution in [0.4, 0.5) is 0 Å². The van der Waals surface area contributed by atoms with E-state index < -0.39 is 32.5 Å². The molecule has 0 fully saturated rings. The van der Waals surface area contributed by atoms with E-state index in [1.165, 1.54) is 116 Å². The molecule has 0 saturated carbocycles. The van der Waals surface area contributed by atoms with Crippen LogP contribution in [-0.4, -0.2) is 49.3 Å². The van der Waals surface area contributed by atoms with Crippen molar-refractivity contribution in [2.75, 3.05) is 26.4 Å². The molecule has 0 radical (unpaired) electrons. The van der Waals surface area contributed by atoms with Gasteiger partial charge in [0.2, 0.25) is 0 Å². The first-order valence-electron chi connectivity index (χ1n) is 25.3. The Balaban J connectivity index is 4.09. The third-order valence-corrected chi connectivity index (χ3v) is 11.7. The fourth-order valence-corrected chi connectivity index (χ4v) is 7.72. The van der Waals surface area contributed by atoms with Crippen LogP contribution < -0.4 is 5.73 Å². The van der Waals surface area contributed by atoms with E-state index in [0.29, 0.717) is 12.8 Å². The zero-order valence-corrected chi connectivity index (χ0v) is 40.7. The second-order valence-corrected chi connectivity index (χ2v) is 18.1. The third-order valence-electron chi connectivity index (χ3n) is 10.7. The van der Waals surface area contributed by atoms with Gasteiger partial charge in [0.1, 0.15) is 6.61 Å². The highest BCUT2D eigenvalue weighted by Gasteiger charge is 2.26. The van der Waals surface area contributed by atoms with Gasteiger partial charge in [-0.05, 0) is 57.8 Å². The largest absolute Gasteiger partial charge is 0.472 e. The topological polar surface area (TPSA) is 134 Å². The standard InChI is InChI=1S/C52H94NO8P/c1-3-5-7-9-11-13-15-17-19-21-23-24-25-27-29-31-33-35-37-39-41-43-45-52(55)61-50(49-60-62(56,57)59-47-46-53)48-58-51(54)44-42-40-38-36-34-32-30-28-26-22-20-18-16-14-12-10-8-6-4-2/h6,8,12,14,18,20,26,28,32,34,50H,3-5,7,9-11,13,15-17,19,21-25,27,29-31,33,35-49,53H2,1-2H3,(H,56,57)/b8-6+,14-12+,20-18+,28-26+,34-32+/t50-/m1/s1. The molecule has 0 aliphatic heterocycles. The van der Waals surface area contributed by atoms with E-state index in [9.17, 15) is 19.0 Å². The third kappa shape index (κ3) is 47.2. The summed E-state index contributed by atoms with van der Waals surface area (Å²) in [6.45, 7) is 3.61. The van der Waals surface area contributed by atoms with Crippen molar-refractivity contribution >= 4 is 19.8 Å². The van der Waals surface area contributed by atoms with E-state index in [1.54, 1.807) is 0 Å². The summed E-state index contributed by atoms with van der Waals surface area (Å²) in [6.07, 6.45) is 58.3. The molecule has 62 heavy (non-hydrogen) atoms. The summed E-state index contributed by atoms with van der Waals surface area (Å²) in [5.41, 5.74) is 5.36. The van der Waals surface area contributed by atoms with Gasteiger partial charge in [-0.3, -0.25) is 18.6 Å². The van der Waals surface area contributed by atoms with Crippen molar-refractivity contribution in [2.45, 2.75) is 232 Å². The minimum atomic E-state index is -4.39. The number of hydrogen-bond acceptors (Lipinski definition) is 8. The zero-order chi connectivity index (χ0) is 45.3. The molecule has 0 aliphatic rings. The number of nitrogens with two attached hydrogens (primary N) is 1. The molecule has 0 amide bonds. The van der Waals surface area contributed by atoms with E-state index in [4.69, 9.17) is 24.3 Å². The SMILES string of the molecule is CC/C=C/C/C=C/C/C=C/C/C=C/C/C=C/CCCCCC(=O)OC[C@H](COP(=O)(O)OCCN)OC(=O)CCCCCCCCCCCCCCCCCCCCCCCC. The van der Waals surface area contributed by atoms with Gasteiger partial charge < -0.3 is 20.1 Å². The lowest BCUT2D eigenvalue weighted by atomic mass is 10.0. The highest BCUT2D eigenvalue weighted by molar-refractivity contribution is 7.47. The Hall–Kier alpha value is -2.29. The highest BCUT2D eigenvalue weighted by Crippen LogP contribution is 2.43. The van der Waals surface area contributed by atoms with Crippen molar-refractivity contribution < 1.29 is 37.6 Å². The number of ether oxygens (including phenoxy) is 2. The van der Waals surface area contributed by atoms with E-state index in [0.717, 1.165) is 70.6 Å². The Labute approximate surface area is 380 Å². The number of unbranched alkanes of at least 4 members (excludes halogenated alkanes) is 24. The first kappa shape index (κ1) is 59.7. The van der Waals surface area contributed by atoms with Crippen LogP contribution in [0.15, 0.2) is 60.8 Å². The minimum Gasteiger partial charge on any atom is -0.462 e. The van der Waals surface area contributed by atoms with Crippen molar-refractivity contribution in [3.05, 3.63) is 60.8 Å². The smallest absolute Gasteiger partial charge is 0.462 e. The van der Waals surface area contributed by atoms with Gasteiger partial charge in [-0.1, -0.05) is 216 Å². The number of hydrogen-bond donors (Lipinski definition) is 2. The number of esters is 2. The second-order valence-electron chi connectivity index (χ2n) is 16.7. The first-order valence-corrected chi connectivity index (χ1v) is 26.8. The molecule has 10 heteroatoms. The van der Waals surface area contributed by atoms with Crippen LogP contribution in [0.2, 0.25) is 0 Å². The Morgan fingerprint density at radius 2 is 0.887 bits per heavy atom. The fourth-order valence-electron chi connectivity index (χ4n) is 6.96. The first-order chi connectivity index (χ1) is 30.3. The maximum atomic E-state index is 12.7. The fraction of sp³-hybridized carbons (Fsp3) is 0.769. The molecule has 2 atom stereocenters. The molecule has 0 heterocycles. The van der Waals surface area contributed by atoms with Gasteiger partial charge in [0.25, 0.3) is 0 Å². The minimum absolute atomic E-state index is 0.0474. The van der Waals surface area contributed by atoms with Crippen LogP contribution in [0.5, 0.6) is 0 Å². The molecular weight excluding hydrogens is 798 g/mol. The number of carbonyl (C=O) groups excluding carboxylic acids is 2. The predicted octanol–water partition coefficient (Wildman–Crippen LogP) is 15.2. The number of phosphoric acid groups is 1. The molecule has 3 N–H and O–H groups in total. The Morgan fingerprint density at radius 3 is 1.32 bits per heavy atom. The summed E-state index contributed by atoms with van der Waals surface area (Å²) in [4.78, 5) is 35.0. The van der Waals surface area contributed by atoms with E-state index in [2.05, 4.69) is 74.6 Å². The van der Waals surface area contributed by atoms with Gasteiger partial charge in [-0.2, -0.15) is 0 Å². The monoisotopic (exact) mass is 892 g/mol. The highest BCUT2D eigenvalue weighted by atomic mass is 31.2. The molecule has 0 saturated heterocycles. The molecule has 9 nitrogen and oxygen atoms in total. The predicted molar refractivity (Wildman–Crippen MR) is 261 cm³/mol. The Bertz CT molecular complexity index is 1200. The molecule has 0 rings (SSSR count). The summed E-state index contributed by atoms with van der Waals surface area (Å²) in [7, 11) is -4.39. The lowest BCUT2D eigenvalue weighted by Crippen LogP contribution is -2.29. The van der Waals surface area contributed by atoms with Crippen molar-refractivity contribution in [1.82, 2.24) is 0 Å². The lowest BCUT2D eigenvalue weighted by Gasteiger charge is -2.19. The van der Waals surface area contributed by atoms with Gasteiger partial charge in [0.15, 0.2) is 6.10 Å². The number of rotatable bonds is 47. The summed E-state index contributed by atoms with van der Waals surface area (Å²) in [6, 6.07) is 0. The van der Waals surface area contributed by atoms with Crippen LogP contribution in [0, 0.1) is 0 Å². The van der Waals surface area contributed by atoms with Crippen molar-refractivity contribution in [3.8, 4) is 0 Å². The van der Waals surface area contributed by atoms with Crippen molar-refractivity contribution in [2.24, 2.45) is 5.73 Å². The average Bonchev–Trinajstić information content (AvgIpc) is 3.26. The maximum absolute atomic E-state index is 12.7. The lowest BCUT2D eigenvalue weighted by molar-refractivity contribution is -0.161. The van der Waals surface area contributed by atoms with Gasteiger partial charge in [0, 0.05) is 19.4 Å². The quantitative estimate of drug-likeness (QED) is 0.0265. The molecule has 360 valence electrons.